The lowest BCUT2D eigenvalue weighted by atomic mass is 10.2. The highest BCUT2D eigenvalue weighted by molar-refractivity contribution is 5.99. The molecule has 82 valence electrons. The summed E-state index contributed by atoms with van der Waals surface area (Å²) in [5, 5.41) is 5.96. The Morgan fingerprint density at radius 1 is 1.53 bits per heavy atom. The van der Waals surface area contributed by atoms with E-state index in [4.69, 9.17) is 0 Å². The van der Waals surface area contributed by atoms with Crippen LogP contribution >= 0.6 is 0 Å². The summed E-state index contributed by atoms with van der Waals surface area (Å²) >= 11 is 0. The largest absolute Gasteiger partial charge is 0.383 e. The fourth-order valence-corrected chi connectivity index (χ4v) is 1.26. The van der Waals surface area contributed by atoms with E-state index in [0.717, 1.165) is 12.2 Å². The Labute approximate surface area is 90.1 Å². The normalized spacial score (nSPS) is 10.1. The molecule has 0 radical (unpaired) electrons. The molecule has 0 unspecified atom stereocenters. The lowest BCUT2D eigenvalue weighted by Crippen LogP contribution is -2.30. The molecule has 0 bridgehead atoms. The van der Waals surface area contributed by atoms with E-state index in [1.54, 1.807) is 18.5 Å². The third kappa shape index (κ3) is 3.23. The molecule has 0 atom stereocenters. The van der Waals surface area contributed by atoms with Crippen molar-refractivity contribution in [2.24, 2.45) is 0 Å². The second-order valence-electron chi connectivity index (χ2n) is 3.58. The summed E-state index contributed by atoms with van der Waals surface area (Å²) in [6.45, 7) is 6.63. The Morgan fingerprint density at radius 2 is 2.27 bits per heavy atom. The van der Waals surface area contributed by atoms with Gasteiger partial charge in [0, 0.05) is 18.8 Å². The van der Waals surface area contributed by atoms with Crippen molar-refractivity contribution in [3.63, 3.8) is 0 Å². The molecule has 1 heterocycles. The number of carbonyl (C=O) groups is 1. The fraction of sp³-hybridized carbons (Fsp3) is 0.455. The Morgan fingerprint density at radius 3 is 2.87 bits per heavy atom. The maximum atomic E-state index is 11.8. The average molecular weight is 207 g/mol. The van der Waals surface area contributed by atoms with Crippen molar-refractivity contribution in [2.45, 2.75) is 26.8 Å². The zero-order chi connectivity index (χ0) is 11.3. The van der Waals surface area contributed by atoms with Crippen molar-refractivity contribution in [1.82, 2.24) is 10.3 Å². The number of aromatic nitrogens is 1. The quantitative estimate of drug-likeness (QED) is 0.789. The number of hydrogen-bond donors (Lipinski definition) is 2. The number of hydrogen-bond acceptors (Lipinski definition) is 3. The van der Waals surface area contributed by atoms with E-state index in [9.17, 15) is 4.79 Å². The van der Waals surface area contributed by atoms with E-state index in [2.05, 4.69) is 15.6 Å². The summed E-state index contributed by atoms with van der Waals surface area (Å²) in [4.78, 5) is 15.8. The van der Waals surface area contributed by atoms with Gasteiger partial charge in [0.15, 0.2) is 0 Å². The molecular weight excluding hydrogens is 190 g/mol. The molecule has 0 aromatic carbocycles. The Bertz CT molecular complexity index is 336. The molecule has 0 aliphatic heterocycles. The lowest BCUT2D eigenvalue weighted by molar-refractivity contribution is 0.0944. The summed E-state index contributed by atoms with van der Waals surface area (Å²) in [6.07, 6.45) is 3.29. The number of carbonyl (C=O) groups excluding carboxylic acids is 1. The van der Waals surface area contributed by atoms with E-state index in [1.165, 1.54) is 0 Å². The number of amides is 1. The number of anilines is 1. The molecule has 0 aliphatic carbocycles. The van der Waals surface area contributed by atoms with Gasteiger partial charge in [-0.1, -0.05) is 0 Å². The highest BCUT2D eigenvalue weighted by Crippen LogP contribution is 2.12. The second kappa shape index (κ2) is 5.34. The molecule has 1 amide bonds. The second-order valence-corrected chi connectivity index (χ2v) is 3.58. The molecule has 2 N–H and O–H groups in total. The van der Waals surface area contributed by atoms with Gasteiger partial charge in [-0.15, -0.1) is 0 Å². The summed E-state index contributed by atoms with van der Waals surface area (Å²) in [7, 11) is 0. The summed E-state index contributed by atoms with van der Waals surface area (Å²) < 4.78 is 0. The molecule has 0 saturated heterocycles. The maximum absolute atomic E-state index is 11.8. The Hall–Kier alpha value is -1.58. The standard InChI is InChI=1S/C11H17N3O/c1-4-13-10-7-12-6-5-9(10)11(15)14-8(2)3/h5-8,13H,4H2,1-3H3,(H,14,15). The van der Waals surface area contributed by atoms with Gasteiger partial charge in [-0.2, -0.15) is 0 Å². The molecule has 1 rings (SSSR count). The predicted octanol–water partition coefficient (Wildman–Crippen LogP) is 1.65. The van der Waals surface area contributed by atoms with E-state index in [0.29, 0.717) is 5.56 Å². The number of nitrogens with zero attached hydrogens (tertiary/aromatic N) is 1. The van der Waals surface area contributed by atoms with E-state index in [-0.39, 0.29) is 11.9 Å². The first-order valence-electron chi connectivity index (χ1n) is 5.14. The monoisotopic (exact) mass is 207 g/mol. The molecule has 0 saturated carbocycles. The van der Waals surface area contributed by atoms with Gasteiger partial charge in [0.25, 0.3) is 5.91 Å². The smallest absolute Gasteiger partial charge is 0.253 e. The minimum atomic E-state index is -0.0663. The molecule has 4 heteroatoms. The minimum absolute atomic E-state index is 0.0663. The van der Waals surface area contributed by atoms with Crippen LogP contribution in [0.2, 0.25) is 0 Å². The molecular formula is C11H17N3O. The molecule has 0 spiro atoms. The molecule has 4 nitrogen and oxygen atoms in total. The zero-order valence-electron chi connectivity index (χ0n) is 9.37. The van der Waals surface area contributed by atoms with Crippen LogP contribution in [0.15, 0.2) is 18.5 Å². The van der Waals surface area contributed by atoms with Gasteiger partial charge in [-0.05, 0) is 26.8 Å². The van der Waals surface area contributed by atoms with Crippen molar-refractivity contribution < 1.29 is 4.79 Å². The number of rotatable bonds is 4. The van der Waals surface area contributed by atoms with Crippen LogP contribution in [0.25, 0.3) is 0 Å². The number of pyridine rings is 1. The van der Waals surface area contributed by atoms with Crippen LogP contribution in [0.4, 0.5) is 5.69 Å². The van der Waals surface area contributed by atoms with Gasteiger partial charge in [0.2, 0.25) is 0 Å². The van der Waals surface area contributed by atoms with E-state index < -0.39 is 0 Å². The third-order valence-corrected chi connectivity index (χ3v) is 1.85. The van der Waals surface area contributed by atoms with Crippen molar-refractivity contribution in [3.8, 4) is 0 Å². The van der Waals surface area contributed by atoms with Gasteiger partial charge in [-0.25, -0.2) is 0 Å². The molecule has 15 heavy (non-hydrogen) atoms. The first-order chi connectivity index (χ1) is 7.15. The van der Waals surface area contributed by atoms with Crippen LogP contribution in [-0.4, -0.2) is 23.5 Å². The SMILES string of the molecule is CCNc1cnccc1C(=O)NC(C)C. The number of nitrogens with one attached hydrogen (secondary N) is 2. The summed E-state index contributed by atoms with van der Waals surface area (Å²) in [5.74, 6) is -0.0663. The van der Waals surface area contributed by atoms with Crippen LogP contribution in [0.3, 0.4) is 0 Å². The zero-order valence-corrected chi connectivity index (χ0v) is 9.37. The van der Waals surface area contributed by atoms with Crippen LogP contribution in [-0.2, 0) is 0 Å². The van der Waals surface area contributed by atoms with Crippen LogP contribution in [0.5, 0.6) is 0 Å². The van der Waals surface area contributed by atoms with Gasteiger partial charge in [0.05, 0.1) is 17.4 Å². The maximum Gasteiger partial charge on any atom is 0.253 e. The van der Waals surface area contributed by atoms with Crippen molar-refractivity contribution in [2.75, 3.05) is 11.9 Å². The minimum Gasteiger partial charge on any atom is -0.383 e. The molecule has 1 aromatic rings. The van der Waals surface area contributed by atoms with Gasteiger partial charge in [-0.3, -0.25) is 9.78 Å². The fourth-order valence-electron chi connectivity index (χ4n) is 1.26. The molecule has 0 aliphatic rings. The van der Waals surface area contributed by atoms with Crippen molar-refractivity contribution in [1.29, 1.82) is 0 Å². The highest BCUT2D eigenvalue weighted by Gasteiger charge is 2.11. The van der Waals surface area contributed by atoms with E-state index >= 15 is 0 Å². The van der Waals surface area contributed by atoms with Crippen LogP contribution in [0, 0.1) is 0 Å². The Balaban J connectivity index is 2.87. The highest BCUT2D eigenvalue weighted by atomic mass is 16.1. The van der Waals surface area contributed by atoms with Crippen molar-refractivity contribution in [3.05, 3.63) is 24.0 Å². The van der Waals surface area contributed by atoms with Gasteiger partial charge >= 0.3 is 0 Å². The summed E-state index contributed by atoms with van der Waals surface area (Å²) in [5.41, 5.74) is 1.42. The van der Waals surface area contributed by atoms with Crippen LogP contribution in [0.1, 0.15) is 31.1 Å². The Kier molecular flexibility index (Phi) is 4.09. The van der Waals surface area contributed by atoms with E-state index in [1.807, 2.05) is 20.8 Å². The van der Waals surface area contributed by atoms with Gasteiger partial charge in [0.1, 0.15) is 0 Å². The predicted molar refractivity (Wildman–Crippen MR) is 61.0 cm³/mol. The van der Waals surface area contributed by atoms with Gasteiger partial charge < -0.3 is 10.6 Å². The topological polar surface area (TPSA) is 54.0 Å². The van der Waals surface area contributed by atoms with Crippen molar-refractivity contribution >= 4 is 11.6 Å². The molecule has 1 aromatic heterocycles. The van der Waals surface area contributed by atoms with Crippen LogP contribution < -0.4 is 10.6 Å². The lowest BCUT2D eigenvalue weighted by Gasteiger charge is -2.12. The third-order valence-electron chi connectivity index (χ3n) is 1.85. The molecule has 0 fully saturated rings. The first-order valence-corrected chi connectivity index (χ1v) is 5.14. The first kappa shape index (κ1) is 11.5. The summed E-state index contributed by atoms with van der Waals surface area (Å²) in [6, 6.07) is 1.86. The average Bonchev–Trinajstić information content (AvgIpc) is 2.18.